The van der Waals surface area contributed by atoms with E-state index in [0.29, 0.717) is 0 Å². The van der Waals surface area contributed by atoms with E-state index in [1.807, 2.05) is 36.5 Å². The summed E-state index contributed by atoms with van der Waals surface area (Å²) < 4.78 is 28.6. The van der Waals surface area contributed by atoms with Crippen LogP contribution in [0.25, 0.3) is 0 Å². The number of hydrogen-bond donors (Lipinski definition) is 3. The third-order valence-corrected chi connectivity index (χ3v) is 5.08. The van der Waals surface area contributed by atoms with E-state index >= 15 is 0 Å². The number of alkyl halides is 3. The van der Waals surface area contributed by atoms with Gasteiger partial charge >= 0.3 is 0 Å². The average Bonchev–Trinajstić information content (AvgIpc) is 2.54. The lowest BCUT2D eigenvalue weighted by Crippen LogP contribution is -2.48. The maximum Gasteiger partial charge on any atom is 0.290 e. The second-order valence-electron chi connectivity index (χ2n) is 5.19. The molecule has 0 aliphatic heterocycles. The molecule has 2 rings (SSSR count). The van der Waals surface area contributed by atoms with Gasteiger partial charge in [-0.1, -0.05) is 70.7 Å². The molecule has 0 radical (unpaired) electrons. The van der Waals surface area contributed by atoms with Crippen molar-refractivity contribution in [3.8, 4) is 0 Å². The van der Waals surface area contributed by atoms with Crippen LogP contribution in [-0.2, 0) is 10.1 Å². The minimum atomic E-state index is -4.75. The zero-order valence-corrected chi connectivity index (χ0v) is 16.6. The largest absolute Gasteiger partial charge is 0.399 e. The molecule has 0 aromatic heterocycles. The van der Waals surface area contributed by atoms with E-state index in [4.69, 9.17) is 45.1 Å². The highest BCUT2D eigenvalue weighted by Gasteiger charge is 2.43. The van der Waals surface area contributed by atoms with Crippen LogP contribution < -0.4 is 11.1 Å². The third kappa shape index (κ3) is 7.80. The number of halogens is 3. The summed E-state index contributed by atoms with van der Waals surface area (Å²) in [5.74, 6) is -0.787. The number of aryl methyl sites for hydroxylation is 1. The predicted octanol–water partition coefficient (Wildman–Crippen LogP) is 3.58. The third-order valence-electron chi connectivity index (χ3n) is 2.97. The fourth-order valence-corrected chi connectivity index (χ4v) is 3.45. The molecule has 142 valence electrons. The molecule has 10 heteroatoms. The summed E-state index contributed by atoms with van der Waals surface area (Å²) in [6, 6.07) is 15.5. The average molecular weight is 440 g/mol. The fraction of sp³-hybridized carbons (Fsp3) is 0.188. The molecule has 0 saturated carbocycles. The van der Waals surface area contributed by atoms with Gasteiger partial charge in [0.1, 0.15) is 0 Å². The summed E-state index contributed by atoms with van der Waals surface area (Å²) in [6.07, 6.45) is 0. The van der Waals surface area contributed by atoms with Crippen molar-refractivity contribution in [2.24, 2.45) is 0 Å². The van der Waals surface area contributed by atoms with Crippen LogP contribution in [0, 0.1) is 6.92 Å². The van der Waals surface area contributed by atoms with Crippen LogP contribution in [-0.4, -0.2) is 28.0 Å². The first-order valence-corrected chi connectivity index (χ1v) is 9.76. The SMILES string of the molecule is Cc1ccc(N)cc1.O=C(NC(C(Cl)(Cl)Cl)S(=O)(=O)O)c1ccccc1. The van der Waals surface area contributed by atoms with E-state index in [0.717, 1.165) is 5.69 Å². The molecule has 26 heavy (non-hydrogen) atoms. The van der Waals surface area contributed by atoms with E-state index in [9.17, 15) is 13.2 Å². The van der Waals surface area contributed by atoms with Gasteiger partial charge in [-0.2, -0.15) is 8.42 Å². The van der Waals surface area contributed by atoms with Crippen LogP contribution in [0.4, 0.5) is 5.69 Å². The van der Waals surface area contributed by atoms with Crippen LogP contribution in [0.2, 0.25) is 0 Å². The summed E-state index contributed by atoms with van der Waals surface area (Å²) in [7, 11) is -4.75. The van der Waals surface area contributed by atoms with Crippen molar-refractivity contribution >= 4 is 56.5 Å². The molecule has 0 aliphatic carbocycles. The van der Waals surface area contributed by atoms with Crippen molar-refractivity contribution < 1.29 is 17.8 Å². The minimum Gasteiger partial charge on any atom is -0.399 e. The molecular formula is C16H17Cl3N2O4S. The van der Waals surface area contributed by atoms with Crippen molar-refractivity contribution in [3.63, 3.8) is 0 Å². The Morgan fingerprint density at radius 2 is 1.58 bits per heavy atom. The maximum absolute atomic E-state index is 11.7. The van der Waals surface area contributed by atoms with Gasteiger partial charge in [-0.05, 0) is 31.2 Å². The molecule has 6 nitrogen and oxygen atoms in total. The molecule has 0 fully saturated rings. The number of nitrogens with one attached hydrogen (secondary N) is 1. The lowest BCUT2D eigenvalue weighted by Gasteiger charge is -2.22. The Kier molecular flexibility index (Phi) is 8.17. The molecule has 0 heterocycles. The molecule has 0 aliphatic rings. The Morgan fingerprint density at radius 3 is 1.96 bits per heavy atom. The normalized spacial score (nSPS) is 12.5. The standard InChI is InChI=1S/C9H8Cl3NO4S.C7H9N/c10-9(11,12)8(18(15,16)17)13-7(14)6-4-2-1-3-5-6;1-6-2-4-7(8)5-3-6/h1-5,8H,(H,13,14)(H,15,16,17);2-5H,8H2,1H3. The number of carbonyl (C=O) groups excluding carboxylic acids is 1. The Morgan fingerprint density at radius 1 is 1.08 bits per heavy atom. The quantitative estimate of drug-likeness (QED) is 0.385. The van der Waals surface area contributed by atoms with Crippen molar-refractivity contribution in [3.05, 3.63) is 65.7 Å². The Bertz CT molecular complexity index is 802. The summed E-state index contributed by atoms with van der Waals surface area (Å²) in [5, 5.41) is -0.113. The van der Waals surface area contributed by atoms with Crippen LogP contribution in [0.1, 0.15) is 15.9 Å². The van der Waals surface area contributed by atoms with Gasteiger partial charge in [-0.3, -0.25) is 9.35 Å². The molecule has 1 amide bonds. The molecule has 0 spiro atoms. The number of nitrogens with two attached hydrogens (primary N) is 1. The van der Waals surface area contributed by atoms with Crippen molar-refractivity contribution in [1.29, 1.82) is 0 Å². The van der Waals surface area contributed by atoms with Crippen LogP contribution in [0.5, 0.6) is 0 Å². The van der Waals surface area contributed by atoms with Crippen molar-refractivity contribution in [1.82, 2.24) is 5.32 Å². The molecule has 2 aromatic carbocycles. The highest BCUT2D eigenvalue weighted by atomic mass is 35.6. The number of anilines is 1. The first kappa shape index (κ1) is 22.5. The van der Waals surface area contributed by atoms with Gasteiger partial charge in [-0.15, -0.1) is 0 Å². The highest BCUT2D eigenvalue weighted by molar-refractivity contribution is 7.86. The van der Waals surface area contributed by atoms with E-state index in [1.165, 1.54) is 17.7 Å². The zero-order valence-electron chi connectivity index (χ0n) is 13.6. The Labute approximate surface area is 167 Å². The predicted molar refractivity (Wildman–Crippen MR) is 105 cm³/mol. The number of benzene rings is 2. The van der Waals surface area contributed by atoms with Crippen LogP contribution in [0.15, 0.2) is 54.6 Å². The lowest BCUT2D eigenvalue weighted by molar-refractivity contribution is 0.0946. The molecule has 0 bridgehead atoms. The van der Waals surface area contributed by atoms with Crippen LogP contribution in [0.3, 0.4) is 0 Å². The van der Waals surface area contributed by atoms with Crippen molar-refractivity contribution in [2.75, 3.05) is 5.73 Å². The van der Waals surface area contributed by atoms with Gasteiger partial charge < -0.3 is 11.1 Å². The van der Waals surface area contributed by atoms with Gasteiger partial charge in [0, 0.05) is 11.3 Å². The monoisotopic (exact) mass is 438 g/mol. The smallest absolute Gasteiger partial charge is 0.290 e. The highest BCUT2D eigenvalue weighted by Crippen LogP contribution is 2.32. The van der Waals surface area contributed by atoms with E-state index < -0.39 is 25.2 Å². The van der Waals surface area contributed by atoms with Gasteiger partial charge in [-0.25, -0.2) is 0 Å². The Balaban J connectivity index is 0.000000350. The molecular weight excluding hydrogens is 423 g/mol. The molecule has 1 unspecified atom stereocenters. The van der Waals surface area contributed by atoms with Gasteiger partial charge in [0.2, 0.25) is 9.17 Å². The second kappa shape index (κ2) is 9.43. The first-order chi connectivity index (χ1) is 11.9. The molecule has 0 saturated heterocycles. The summed E-state index contributed by atoms with van der Waals surface area (Å²) in [5.41, 5.74) is 7.67. The second-order valence-corrected chi connectivity index (χ2v) is 9.06. The molecule has 2 aromatic rings. The minimum absolute atomic E-state index is 0.167. The molecule has 1 atom stereocenters. The number of amides is 1. The fourth-order valence-electron chi connectivity index (χ4n) is 1.68. The summed E-state index contributed by atoms with van der Waals surface area (Å²) in [6.45, 7) is 2.04. The van der Waals surface area contributed by atoms with Gasteiger partial charge in [0.15, 0.2) is 0 Å². The van der Waals surface area contributed by atoms with E-state index in [-0.39, 0.29) is 5.56 Å². The topological polar surface area (TPSA) is 109 Å². The summed E-state index contributed by atoms with van der Waals surface area (Å²) in [4.78, 5) is 11.7. The van der Waals surface area contributed by atoms with Gasteiger partial charge in [0.25, 0.3) is 16.0 Å². The number of hydrogen-bond acceptors (Lipinski definition) is 4. The lowest BCUT2D eigenvalue weighted by atomic mass is 10.2. The number of carbonyl (C=O) groups is 1. The maximum atomic E-state index is 11.7. The number of rotatable bonds is 3. The van der Waals surface area contributed by atoms with Crippen molar-refractivity contribution in [2.45, 2.75) is 16.1 Å². The Hall–Kier alpha value is -1.51. The van der Waals surface area contributed by atoms with Gasteiger partial charge in [0.05, 0.1) is 0 Å². The summed E-state index contributed by atoms with van der Waals surface area (Å²) >= 11 is 16.2. The molecule has 4 N–H and O–H groups in total. The van der Waals surface area contributed by atoms with E-state index in [1.54, 1.807) is 18.2 Å². The van der Waals surface area contributed by atoms with Crippen LogP contribution >= 0.6 is 34.8 Å². The number of nitrogen functional groups attached to an aromatic ring is 1. The zero-order chi connectivity index (χ0) is 20.0. The van der Waals surface area contributed by atoms with E-state index in [2.05, 4.69) is 0 Å². The first-order valence-electron chi connectivity index (χ1n) is 7.12.